The van der Waals surface area contributed by atoms with Gasteiger partial charge < -0.3 is 19.8 Å². The number of nitrogens with one attached hydrogen (secondary N) is 1. The van der Waals surface area contributed by atoms with Gasteiger partial charge in [-0.05, 0) is 44.9 Å². The lowest BCUT2D eigenvalue weighted by Gasteiger charge is -2.26. The van der Waals surface area contributed by atoms with Crippen LogP contribution < -0.4 is 5.32 Å². The quantitative estimate of drug-likeness (QED) is 0.0250. The van der Waals surface area contributed by atoms with Crippen LogP contribution in [0.5, 0.6) is 0 Å². The van der Waals surface area contributed by atoms with Crippen molar-refractivity contribution in [2.45, 2.75) is 206 Å². The van der Waals surface area contributed by atoms with Gasteiger partial charge in [0.25, 0.3) is 0 Å². The lowest BCUT2D eigenvalue weighted by Crippen LogP contribution is -2.46. The summed E-state index contributed by atoms with van der Waals surface area (Å²) >= 11 is 0. The lowest BCUT2D eigenvalue weighted by atomic mass is 10.0. The number of aliphatic hydroxyl groups is 1. The van der Waals surface area contributed by atoms with Crippen LogP contribution in [0.15, 0.2) is 24.3 Å². The van der Waals surface area contributed by atoms with E-state index >= 15 is 0 Å². The highest BCUT2D eigenvalue weighted by Crippen LogP contribution is 2.43. The normalized spacial score (nSPS) is 14.7. The van der Waals surface area contributed by atoms with Gasteiger partial charge in [0, 0.05) is 6.42 Å². The Morgan fingerprint density at radius 2 is 1.10 bits per heavy atom. The number of rotatable bonds is 39. The van der Waals surface area contributed by atoms with E-state index in [4.69, 9.17) is 9.05 Å². The first kappa shape index (κ1) is 51.0. The number of carbonyl (C=O) groups excluding carboxylic acids is 1. The molecule has 0 aliphatic heterocycles. The van der Waals surface area contributed by atoms with E-state index in [1.165, 1.54) is 109 Å². The van der Waals surface area contributed by atoms with Gasteiger partial charge in [0.05, 0.1) is 39.9 Å². The van der Waals surface area contributed by atoms with E-state index in [0.29, 0.717) is 23.9 Å². The van der Waals surface area contributed by atoms with Gasteiger partial charge in [-0.3, -0.25) is 13.8 Å². The van der Waals surface area contributed by atoms with E-state index in [9.17, 15) is 19.4 Å². The summed E-state index contributed by atoms with van der Waals surface area (Å²) in [7, 11) is 1.61. The fourth-order valence-corrected chi connectivity index (χ4v) is 6.93. The number of unbranched alkanes of at least 4 members (excludes halogenated alkanes) is 22. The van der Waals surface area contributed by atoms with Crippen LogP contribution in [0.3, 0.4) is 0 Å². The minimum absolute atomic E-state index is 0.0743. The van der Waals surface area contributed by atoms with Crippen LogP contribution in [0, 0.1) is 0 Å². The summed E-state index contributed by atoms with van der Waals surface area (Å²) in [4.78, 5) is 22.9. The Morgan fingerprint density at radius 3 is 1.58 bits per heavy atom. The average Bonchev–Trinajstić information content (AvgIpc) is 3.09. The van der Waals surface area contributed by atoms with Crippen LogP contribution in [0.25, 0.3) is 0 Å². The maximum Gasteiger partial charge on any atom is 0.472 e. The Hall–Kier alpha value is -1.02. The third-order valence-corrected chi connectivity index (χ3v) is 10.7. The molecule has 1 amide bonds. The molecule has 9 heteroatoms. The van der Waals surface area contributed by atoms with Crippen LogP contribution in [0.4, 0.5) is 0 Å². The predicted octanol–water partition coefficient (Wildman–Crippen LogP) is 11.7. The number of hydrogen-bond acceptors (Lipinski definition) is 5. The van der Waals surface area contributed by atoms with Crippen molar-refractivity contribution in [2.24, 2.45) is 0 Å². The number of allylic oxidation sites excluding steroid dienone is 4. The minimum atomic E-state index is -4.29. The summed E-state index contributed by atoms with van der Waals surface area (Å²) in [6.07, 6.45) is 41.1. The summed E-state index contributed by atoms with van der Waals surface area (Å²) in [6.45, 7) is 4.78. The molecular weight excluding hydrogens is 671 g/mol. The molecule has 3 atom stereocenters. The van der Waals surface area contributed by atoms with Crippen LogP contribution >= 0.6 is 7.82 Å². The van der Waals surface area contributed by atoms with Gasteiger partial charge in [0.1, 0.15) is 13.2 Å². The molecule has 0 saturated heterocycles. The highest BCUT2D eigenvalue weighted by atomic mass is 31.2. The SMILES string of the molecule is CCCCCCC/C=C\C/C=C\CCCCCCCCCCCCCCCC(=O)NC(COP(=O)(O)OCC[N+](C)(C)C)C(O)CCCCCCC. The molecule has 52 heavy (non-hydrogen) atoms. The van der Waals surface area contributed by atoms with E-state index in [-0.39, 0.29) is 19.1 Å². The van der Waals surface area contributed by atoms with E-state index in [1.807, 2.05) is 21.1 Å². The first-order valence-corrected chi connectivity index (χ1v) is 23.2. The van der Waals surface area contributed by atoms with Crippen molar-refractivity contribution in [1.29, 1.82) is 0 Å². The second-order valence-electron chi connectivity index (χ2n) is 16.1. The number of quaternary nitrogens is 1. The molecule has 0 spiro atoms. The summed E-state index contributed by atoms with van der Waals surface area (Å²) in [6, 6.07) is -0.754. The number of nitrogens with zero attached hydrogens (tertiary/aromatic N) is 1. The molecule has 0 aromatic carbocycles. The molecule has 0 aromatic heterocycles. The Morgan fingerprint density at radius 1 is 0.654 bits per heavy atom. The number of aliphatic hydroxyl groups excluding tert-OH is 1. The molecule has 0 radical (unpaired) electrons. The summed E-state index contributed by atoms with van der Waals surface area (Å²) < 4.78 is 23.4. The van der Waals surface area contributed by atoms with Gasteiger partial charge in [0.2, 0.25) is 5.91 Å². The minimum Gasteiger partial charge on any atom is -0.391 e. The number of phosphoric ester groups is 1. The van der Waals surface area contributed by atoms with Crippen LogP contribution in [-0.2, 0) is 18.4 Å². The lowest BCUT2D eigenvalue weighted by molar-refractivity contribution is -0.870. The second kappa shape index (κ2) is 35.7. The largest absolute Gasteiger partial charge is 0.472 e. The summed E-state index contributed by atoms with van der Waals surface area (Å²) in [5.41, 5.74) is 0. The van der Waals surface area contributed by atoms with Crippen molar-refractivity contribution in [1.82, 2.24) is 5.32 Å². The highest BCUT2D eigenvalue weighted by Gasteiger charge is 2.28. The van der Waals surface area contributed by atoms with Gasteiger partial charge in [-0.25, -0.2) is 4.57 Å². The number of likely N-dealkylation sites (N-methyl/N-ethyl adjacent to an activating group) is 1. The molecule has 308 valence electrons. The van der Waals surface area contributed by atoms with Crippen LogP contribution in [-0.4, -0.2) is 73.4 Å². The zero-order valence-corrected chi connectivity index (χ0v) is 35.7. The maximum atomic E-state index is 12.8. The van der Waals surface area contributed by atoms with Crippen molar-refractivity contribution in [3.8, 4) is 0 Å². The topological polar surface area (TPSA) is 105 Å². The molecule has 0 aliphatic rings. The van der Waals surface area contributed by atoms with Gasteiger partial charge in [-0.2, -0.15) is 0 Å². The molecule has 0 aromatic rings. The fourth-order valence-electron chi connectivity index (χ4n) is 6.19. The van der Waals surface area contributed by atoms with Gasteiger partial charge in [0.15, 0.2) is 0 Å². The monoisotopic (exact) mass is 758 g/mol. The third-order valence-electron chi connectivity index (χ3n) is 9.70. The van der Waals surface area contributed by atoms with E-state index in [2.05, 4.69) is 43.5 Å². The molecular formula is C43H86N2O6P+. The van der Waals surface area contributed by atoms with Crippen molar-refractivity contribution in [2.75, 3.05) is 40.9 Å². The predicted molar refractivity (Wildman–Crippen MR) is 221 cm³/mol. The first-order chi connectivity index (χ1) is 25.0. The van der Waals surface area contributed by atoms with Crippen molar-refractivity contribution >= 4 is 13.7 Å². The Balaban J connectivity index is 3.99. The second-order valence-corrected chi connectivity index (χ2v) is 17.5. The fraction of sp³-hybridized carbons (Fsp3) is 0.884. The number of carbonyl (C=O) groups is 1. The number of phosphoric acid groups is 1. The van der Waals surface area contributed by atoms with Gasteiger partial charge >= 0.3 is 7.82 Å². The molecule has 8 nitrogen and oxygen atoms in total. The summed E-state index contributed by atoms with van der Waals surface area (Å²) in [5.74, 6) is -0.152. The number of amides is 1. The molecule has 0 saturated carbocycles. The molecule has 0 aliphatic carbocycles. The smallest absolute Gasteiger partial charge is 0.391 e. The molecule has 0 rings (SSSR count). The van der Waals surface area contributed by atoms with E-state index < -0.39 is 20.0 Å². The summed E-state index contributed by atoms with van der Waals surface area (Å²) in [5, 5.41) is 13.7. The average molecular weight is 758 g/mol. The van der Waals surface area contributed by atoms with E-state index in [0.717, 1.165) is 57.8 Å². The molecule has 0 fully saturated rings. The zero-order valence-electron chi connectivity index (χ0n) is 34.8. The highest BCUT2D eigenvalue weighted by molar-refractivity contribution is 7.47. The van der Waals surface area contributed by atoms with Crippen molar-refractivity contribution in [3.05, 3.63) is 24.3 Å². The van der Waals surface area contributed by atoms with Crippen molar-refractivity contribution < 1.29 is 32.9 Å². The molecule has 0 heterocycles. The Labute approximate surface area is 322 Å². The Kier molecular flexibility index (Phi) is 35.0. The molecule has 0 bridgehead atoms. The van der Waals surface area contributed by atoms with E-state index in [1.54, 1.807) is 0 Å². The zero-order chi connectivity index (χ0) is 38.6. The molecule has 3 unspecified atom stereocenters. The number of hydrogen-bond donors (Lipinski definition) is 3. The van der Waals surface area contributed by atoms with Crippen LogP contribution in [0.2, 0.25) is 0 Å². The Bertz CT molecular complexity index is 907. The maximum absolute atomic E-state index is 12.8. The first-order valence-electron chi connectivity index (χ1n) is 21.7. The van der Waals surface area contributed by atoms with Crippen LogP contribution in [0.1, 0.15) is 194 Å². The van der Waals surface area contributed by atoms with Crippen molar-refractivity contribution in [3.63, 3.8) is 0 Å². The standard InChI is InChI=1S/C43H85N2O6P/c1-6-8-10-12-13-14-15-16-17-18-19-20-21-22-23-24-25-26-27-28-29-30-31-33-35-37-43(47)44-41(42(46)36-34-32-11-9-7-2)40-51-52(48,49)50-39-38-45(3,4)5/h15-16,18-19,41-42,46H,6-14,17,20-40H2,1-5H3,(H-,44,47,48,49)/p+1/b16-15-,19-18-. The third kappa shape index (κ3) is 37.3. The van der Waals surface area contributed by atoms with Gasteiger partial charge in [-0.15, -0.1) is 0 Å². The van der Waals surface area contributed by atoms with Gasteiger partial charge in [-0.1, -0.05) is 167 Å². The molecule has 3 N–H and O–H groups in total.